The Labute approximate surface area is 489 Å². The third kappa shape index (κ3) is 48.5. The van der Waals surface area contributed by atoms with Gasteiger partial charge in [0.25, 0.3) is 0 Å². The fourth-order valence-corrected chi connectivity index (χ4v) is 11.3. The number of nitrogens with one attached hydrogen (secondary N) is 1. The number of allylic oxidation sites excluding steroid dienone is 6. The van der Waals surface area contributed by atoms with E-state index in [2.05, 4.69) is 55.6 Å². The summed E-state index contributed by atoms with van der Waals surface area (Å²) < 4.78 is 11.4. The zero-order valence-electron chi connectivity index (χ0n) is 52.2. The van der Waals surface area contributed by atoms with Crippen molar-refractivity contribution in [1.82, 2.24) is 5.32 Å². The number of carbonyl (C=O) groups excluding carboxylic acids is 1. The number of rotatable bonds is 61. The summed E-state index contributed by atoms with van der Waals surface area (Å²) in [5.41, 5.74) is 0. The van der Waals surface area contributed by atoms with Gasteiger partial charge in [-0.05, 0) is 51.4 Å². The summed E-state index contributed by atoms with van der Waals surface area (Å²) >= 11 is 0. The first-order valence-corrected chi connectivity index (χ1v) is 34.7. The molecule has 0 radical (unpaired) electrons. The first-order valence-electron chi connectivity index (χ1n) is 34.7. The maximum Gasteiger partial charge on any atom is 0.220 e. The molecule has 1 fully saturated rings. The molecule has 7 unspecified atom stereocenters. The molecular formula is C70H133NO8. The molecule has 1 aliphatic rings. The predicted molar refractivity (Wildman–Crippen MR) is 337 cm³/mol. The van der Waals surface area contributed by atoms with Crippen molar-refractivity contribution < 1.29 is 39.8 Å². The minimum atomic E-state index is -1.55. The fraction of sp³-hybridized carbons (Fsp3) is 0.900. The Hall–Kier alpha value is -1.59. The first kappa shape index (κ1) is 75.4. The van der Waals surface area contributed by atoms with Crippen LogP contribution < -0.4 is 5.32 Å². The Balaban J connectivity index is 2.10. The molecule has 0 aromatic carbocycles. The molecule has 1 heterocycles. The Morgan fingerprint density at radius 3 is 1.10 bits per heavy atom. The van der Waals surface area contributed by atoms with E-state index in [1.54, 1.807) is 0 Å². The van der Waals surface area contributed by atoms with Gasteiger partial charge in [-0.15, -0.1) is 0 Å². The molecule has 0 saturated carbocycles. The summed E-state index contributed by atoms with van der Waals surface area (Å²) in [6, 6.07) is -0.719. The number of hydrogen-bond acceptors (Lipinski definition) is 8. The standard InChI is InChI=1S/C70H133NO8/c1-3-5-7-9-11-13-15-17-19-21-23-25-27-28-29-30-31-32-33-34-35-36-38-40-42-44-46-48-50-52-54-56-58-60-66(74)71-63(62-78-70-69(77)68(76)67(75)65(61-72)79-70)64(73)59-57-55-53-51-49-47-45-43-41-39-37-26-24-22-20-18-16-14-12-10-8-6-4-2/h15,17,21,23,27-28,63-65,67-70,72-73,75-77H,3-14,16,18-20,22,24-26,29-62H2,1-2H3,(H,71,74)/b17-15-,23-21-,28-27-. The highest BCUT2D eigenvalue weighted by Crippen LogP contribution is 2.24. The fourth-order valence-electron chi connectivity index (χ4n) is 11.3. The van der Waals surface area contributed by atoms with Crippen LogP contribution in [0.3, 0.4) is 0 Å². The summed E-state index contributed by atoms with van der Waals surface area (Å²) in [4.78, 5) is 13.1. The van der Waals surface area contributed by atoms with Gasteiger partial charge in [-0.2, -0.15) is 0 Å². The van der Waals surface area contributed by atoms with Crippen LogP contribution in [0, 0.1) is 0 Å². The van der Waals surface area contributed by atoms with E-state index in [1.807, 2.05) is 0 Å². The quantitative estimate of drug-likeness (QED) is 0.0261. The lowest BCUT2D eigenvalue weighted by Gasteiger charge is -2.40. The van der Waals surface area contributed by atoms with Crippen molar-refractivity contribution in [2.45, 2.75) is 391 Å². The third-order valence-corrected chi connectivity index (χ3v) is 16.7. The molecule has 9 nitrogen and oxygen atoms in total. The number of carbonyl (C=O) groups is 1. The Bertz CT molecular complexity index is 1340. The highest BCUT2D eigenvalue weighted by Gasteiger charge is 2.44. The summed E-state index contributed by atoms with van der Waals surface area (Å²) in [7, 11) is 0. The minimum absolute atomic E-state index is 0.134. The summed E-state index contributed by atoms with van der Waals surface area (Å²) in [5.74, 6) is -0.138. The van der Waals surface area contributed by atoms with E-state index in [1.165, 1.54) is 270 Å². The van der Waals surface area contributed by atoms with E-state index in [-0.39, 0.29) is 12.5 Å². The molecule has 1 saturated heterocycles. The van der Waals surface area contributed by atoms with Crippen molar-refractivity contribution in [3.05, 3.63) is 36.5 Å². The molecule has 0 aromatic heterocycles. The van der Waals surface area contributed by atoms with E-state index in [0.29, 0.717) is 12.8 Å². The van der Waals surface area contributed by atoms with Crippen molar-refractivity contribution in [2.75, 3.05) is 13.2 Å². The molecule has 0 aliphatic carbocycles. The molecule has 0 aromatic rings. The SMILES string of the molecule is CCCCCCC/C=C\C/C=C\C/C=C\CCCCCCCCCCCCCCCCCCCCC(=O)NC(COC1OC(CO)C(O)C(O)C1O)C(O)CCCCCCCCCCCCCCCCCCCCCCCCC. The van der Waals surface area contributed by atoms with E-state index >= 15 is 0 Å². The highest BCUT2D eigenvalue weighted by atomic mass is 16.7. The van der Waals surface area contributed by atoms with Gasteiger partial charge in [-0.3, -0.25) is 4.79 Å². The number of unbranched alkanes of at least 4 members (excludes halogenated alkanes) is 45. The lowest BCUT2D eigenvalue weighted by atomic mass is 9.99. The Morgan fingerprint density at radius 2 is 0.747 bits per heavy atom. The predicted octanol–water partition coefficient (Wildman–Crippen LogP) is 18.6. The molecule has 1 rings (SSSR count). The van der Waals surface area contributed by atoms with E-state index in [0.717, 1.165) is 51.4 Å². The van der Waals surface area contributed by atoms with Gasteiger partial charge < -0.3 is 40.3 Å². The first-order chi connectivity index (χ1) is 38.8. The number of aliphatic hydroxyl groups excluding tert-OH is 5. The lowest BCUT2D eigenvalue weighted by molar-refractivity contribution is -0.302. The van der Waals surface area contributed by atoms with Crippen LogP contribution >= 0.6 is 0 Å². The van der Waals surface area contributed by atoms with Crippen LogP contribution in [0.5, 0.6) is 0 Å². The van der Waals surface area contributed by atoms with E-state index < -0.39 is 49.5 Å². The zero-order valence-corrected chi connectivity index (χ0v) is 52.2. The van der Waals surface area contributed by atoms with Crippen molar-refractivity contribution in [3.63, 3.8) is 0 Å². The molecule has 1 aliphatic heterocycles. The smallest absolute Gasteiger partial charge is 0.220 e. The molecular weight excluding hydrogens is 983 g/mol. The molecule has 0 spiro atoms. The van der Waals surface area contributed by atoms with Crippen molar-refractivity contribution in [3.8, 4) is 0 Å². The monoisotopic (exact) mass is 1120 g/mol. The van der Waals surface area contributed by atoms with Crippen molar-refractivity contribution >= 4 is 5.91 Å². The topological polar surface area (TPSA) is 149 Å². The normalized spacial score (nSPS) is 18.7. The third-order valence-electron chi connectivity index (χ3n) is 16.7. The average Bonchev–Trinajstić information content (AvgIpc) is 3.47. The largest absolute Gasteiger partial charge is 0.394 e. The molecule has 466 valence electrons. The van der Waals surface area contributed by atoms with Gasteiger partial charge in [0.1, 0.15) is 24.4 Å². The number of hydrogen-bond donors (Lipinski definition) is 6. The highest BCUT2D eigenvalue weighted by molar-refractivity contribution is 5.76. The van der Waals surface area contributed by atoms with Crippen LogP contribution in [-0.2, 0) is 14.3 Å². The second-order valence-corrected chi connectivity index (χ2v) is 24.3. The van der Waals surface area contributed by atoms with Gasteiger partial charge in [0.15, 0.2) is 6.29 Å². The molecule has 7 atom stereocenters. The van der Waals surface area contributed by atoms with Gasteiger partial charge in [0, 0.05) is 6.42 Å². The Kier molecular flexibility index (Phi) is 56.9. The van der Waals surface area contributed by atoms with Gasteiger partial charge in [0.05, 0.1) is 25.4 Å². The summed E-state index contributed by atoms with van der Waals surface area (Å²) in [6.45, 7) is 3.88. The van der Waals surface area contributed by atoms with Crippen LogP contribution in [0.15, 0.2) is 36.5 Å². The van der Waals surface area contributed by atoms with Gasteiger partial charge in [0.2, 0.25) is 5.91 Å². The molecule has 6 N–H and O–H groups in total. The molecule has 9 heteroatoms. The van der Waals surface area contributed by atoms with Crippen LogP contribution in [0.2, 0.25) is 0 Å². The lowest BCUT2D eigenvalue weighted by Crippen LogP contribution is -2.60. The molecule has 1 amide bonds. The van der Waals surface area contributed by atoms with Crippen molar-refractivity contribution in [1.29, 1.82) is 0 Å². The number of amides is 1. The zero-order chi connectivity index (χ0) is 57.2. The van der Waals surface area contributed by atoms with E-state index in [4.69, 9.17) is 9.47 Å². The average molecular weight is 1120 g/mol. The maximum absolute atomic E-state index is 13.1. The second kappa shape index (κ2) is 59.6. The number of aliphatic hydroxyl groups is 5. The van der Waals surface area contributed by atoms with Gasteiger partial charge in [-0.25, -0.2) is 0 Å². The van der Waals surface area contributed by atoms with E-state index in [9.17, 15) is 30.3 Å². The molecule has 0 bridgehead atoms. The summed E-state index contributed by atoms with van der Waals surface area (Å²) in [5, 5.41) is 54.9. The number of ether oxygens (including phenoxy) is 2. The van der Waals surface area contributed by atoms with Crippen molar-refractivity contribution in [2.24, 2.45) is 0 Å². The summed E-state index contributed by atoms with van der Waals surface area (Å²) in [6.07, 6.45) is 72.0. The maximum atomic E-state index is 13.1. The second-order valence-electron chi connectivity index (χ2n) is 24.3. The van der Waals surface area contributed by atoms with Crippen LogP contribution in [0.25, 0.3) is 0 Å². The molecule has 79 heavy (non-hydrogen) atoms. The van der Waals surface area contributed by atoms with Crippen LogP contribution in [0.4, 0.5) is 0 Å². The Morgan fingerprint density at radius 1 is 0.430 bits per heavy atom. The van der Waals surface area contributed by atoms with Gasteiger partial charge >= 0.3 is 0 Å². The van der Waals surface area contributed by atoms with Gasteiger partial charge in [-0.1, -0.05) is 326 Å². The minimum Gasteiger partial charge on any atom is -0.394 e. The van der Waals surface area contributed by atoms with Crippen LogP contribution in [-0.4, -0.2) is 87.5 Å². The van der Waals surface area contributed by atoms with Crippen LogP contribution in [0.1, 0.15) is 348 Å².